The molecule has 1 aromatic heterocycles. The molecule has 2 rings (SSSR count). The lowest BCUT2D eigenvalue weighted by Crippen LogP contribution is -2.57. The molecule has 0 spiro atoms. The van der Waals surface area contributed by atoms with Crippen molar-refractivity contribution in [1.29, 1.82) is 0 Å². The van der Waals surface area contributed by atoms with Crippen molar-refractivity contribution in [2.75, 3.05) is 13.1 Å². The Hall–Kier alpha value is -1.56. The third kappa shape index (κ3) is 3.72. The number of hydrogen-bond donors (Lipinski definition) is 0. The van der Waals surface area contributed by atoms with E-state index >= 15 is 0 Å². The highest BCUT2D eigenvalue weighted by Gasteiger charge is 2.35. The van der Waals surface area contributed by atoms with Crippen LogP contribution in [0, 0.1) is 5.82 Å². The molecule has 1 amide bonds. The van der Waals surface area contributed by atoms with Crippen molar-refractivity contribution in [3.05, 3.63) is 23.2 Å². The maximum absolute atomic E-state index is 13.4. The number of carbonyl (C=O) groups is 1. The number of pyridine rings is 1. The van der Waals surface area contributed by atoms with Gasteiger partial charge < -0.3 is 14.4 Å². The van der Waals surface area contributed by atoms with E-state index in [0.717, 1.165) is 6.20 Å². The lowest BCUT2D eigenvalue weighted by atomic mass is 10.1. The third-order valence-corrected chi connectivity index (χ3v) is 2.79. The van der Waals surface area contributed by atoms with E-state index in [9.17, 15) is 9.18 Å². The largest absolute Gasteiger partial charge is 0.483 e. The standard InChI is InChI=1S/C13H16ClFN2O3/c1-13(2,3)20-12(18)17-6-8(7-17)19-10-4-11(14)16-5-9(10)15/h4-5,8H,6-7H2,1-3H3. The van der Waals surface area contributed by atoms with E-state index in [1.807, 2.05) is 0 Å². The zero-order chi connectivity index (χ0) is 14.9. The van der Waals surface area contributed by atoms with Crippen LogP contribution < -0.4 is 4.74 Å². The van der Waals surface area contributed by atoms with Crippen molar-refractivity contribution in [3.8, 4) is 5.75 Å². The minimum Gasteiger partial charge on any atom is -0.483 e. The van der Waals surface area contributed by atoms with E-state index in [0.29, 0.717) is 13.1 Å². The van der Waals surface area contributed by atoms with E-state index in [2.05, 4.69) is 4.98 Å². The Morgan fingerprint density at radius 1 is 1.50 bits per heavy atom. The zero-order valence-electron chi connectivity index (χ0n) is 11.5. The number of amides is 1. The monoisotopic (exact) mass is 302 g/mol. The minimum atomic E-state index is -0.579. The summed E-state index contributed by atoms with van der Waals surface area (Å²) in [4.78, 5) is 16.8. The summed E-state index contributed by atoms with van der Waals surface area (Å²) in [7, 11) is 0. The molecule has 2 heterocycles. The fourth-order valence-corrected chi connectivity index (χ4v) is 1.80. The molecule has 1 aliphatic rings. The summed E-state index contributed by atoms with van der Waals surface area (Å²) in [6.45, 7) is 6.11. The van der Waals surface area contributed by atoms with Gasteiger partial charge in [-0.1, -0.05) is 11.6 Å². The van der Waals surface area contributed by atoms with Crippen LogP contribution in [0.15, 0.2) is 12.3 Å². The summed E-state index contributed by atoms with van der Waals surface area (Å²) in [5, 5.41) is 0.157. The Bertz CT molecular complexity index is 513. The zero-order valence-corrected chi connectivity index (χ0v) is 12.3. The lowest BCUT2D eigenvalue weighted by molar-refractivity contribution is -0.0229. The number of hydrogen-bond acceptors (Lipinski definition) is 4. The molecule has 5 nitrogen and oxygen atoms in total. The summed E-state index contributed by atoms with van der Waals surface area (Å²) in [6, 6.07) is 1.31. The van der Waals surface area contributed by atoms with Gasteiger partial charge in [-0.2, -0.15) is 0 Å². The predicted molar refractivity (Wildman–Crippen MR) is 71.4 cm³/mol. The van der Waals surface area contributed by atoms with E-state index in [1.165, 1.54) is 11.0 Å². The van der Waals surface area contributed by atoms with Gasteiger partial charge in [0.1, 0.15) is 16.9 Å². The van der Waals surface area contributed by atoms with Gasteiger partial charge in [-0.15, -0.1) is 0 Å². The molecule has 0 radical (unpaired) electrons. The minimum absolute atomic E-state index is 0.0406. The van der Waals surface area contributed by atoms with Crippen LogP contribution in [-0.4, -0.2) is 40.8 Å². The van der Waals surface area contributed by atoms with Gasteiger partial charge in [0.05, 0.1) is 19.3 Å². The first-order valence-electron chi connectivity index (χ1n) is 6.20. The molecule has 0 saturated carbocycles. The molecule has 0 N–H and O–H groups in total. The van der Waals surface area contributed by atoms with Crippen molar-refractivity contribution in [1.82, 2.24) is 9.88 Å². The molecule has 20 heavy (non-hydrogen) atoms. The van der Waals surface area contributed by atoms with Gasteiger partial charge in [0, 0.05) is 6.07 Å². The summed E-state index contributed by atoms with van der Waals surface area (Å²) < 4.78 is 24.0. The van der Waals surface area contributed by atoms with Crippen molar-refractivity contribution < 1.29 is 18.7 Å². The van der Waals surface area contributed by atoms with Crippen LogP contribution in [-0.2, 0) is 4.74 Å². The Kier molecular flexibility index (Phi) is 4.04. The molecule has 7 heteroatoms. The topological polar surface area (TPSA) is 51.7 Å². The van der Waals surface area contributed by atoms with Gasteiger partial charge in [-0.3, -0.25) is 0 Å². The van der Waals surface area contributed by atoms with Crippen molar-refractivity contribution in [3.63, 3.8) is 0 Å². The smallest absolute Gasteiger partial charge is 0.410 e. The van der Waals surface area contributed by atoms with E-state index in [4.69, 9.17) is 21.1 Å². The number of likely N-dealkylation sites (tertiary alicyclic amines) is 1. The highest BCUT2D eigenvalue weighted by atomic mass is 35.5. The summed E-state index contributed by atoms with van der Waals surface area (Å²) >= 11 is 5.67. The first-order chi connectivity index (χ1) is 9.24. The number of carbonyl (C=O) groups excluding carboxylic acids is 1. The van der Waals surface area contributed by atoms with Crippen LogP contribution in [0.5, 0.6) is 5.75 Å². The Morgan fingerprint density at radius 2 is 2.15 bits per heavy atom. The number of ether oxygens (including phenoxy) is 2. The lowest BCUT2D eigenvalue weighted by Gasteiger charge is -2.39. The van der Waals surface area contributed by atoms with Gasteiger partial charge in [0.2, 0.25) is 0 Å². The normalized spacial score (nSPS) is 15.8. The van der Waals surface area contributed by atoms with Crippen LogP contribution >= 0.6 is 11.6 Å². The van der Waals surface area contributed by atoms with Gasteiger partial charge in [0.15, 0.2) is 11.6 Å². The van der Waals surface area contributed by atoms with Crippen LogP contribution in [0.2, 0.25) is 5.15 Å². The average Bonchev–Trinajstić information content (AvgIpc) is 2.24. The average molecular weight is 303 g/mol. The highest BCUT2D eigenvalue weighted by molar-refractivity contribution is 6.29. The molecule has 1 fully saturated rings. The maximum Gasteiger partial charge on any atom is 0.410 e. The molecule has 110 valence electrons. The predicted octanol–water partition coefficient (Wildman–Crippen LogP) is 2.87. The van der Waals surface area contributed by atoms with Crippen LogP contribution in [0.3, 0.4) is 0 Å². The van der Waals surface area contributed by atoms with Crippen LogP contribution in [0.4, 0.5) is 9.18 Å². The molecular weight excluding hydrogens is 287 g/mol. The van der Waals surface area contributed by atoms with Gasteiger partial charge in [-0.25, -0.2) is 14.2 Å². The van der Waals surface area contributed by atoms with Gasteiger partial charge >= 0.3 is 6.09 Å². The van der Waals surface area contributed by atoms with Crippen molar-refractivity contribution in [2.45, 2.75) is 32.5 Å². The quantitative estimate of drug-likeness (QED) is 0.788. The Morgan fingerprint density at radius 3 is 2.75 bits per heavy atom. The highest BCUT2D eigenvalue weighted by Crippen LogP contribution is 2.24. The molecule has 0 atom stereocenters. The number of aromatic nitrogens is 1. The first-order valence-corrected chi connectivity index (χ1v) is 6.58. The number of halogens is 2. The fraction of sp³-hybridized carbons (Fsp3) is 0.538. The fourth-order valence-electron chi connectivity index (χ4n) is 1.65. The molecule has 1 aromatic rings. The Labute approximate surface area is 121 Å². The maximum atomic E-state index is 13.4. The second-order valence-electron chi connectivity index (χ2n) is 5.56. The van der Waals surface area contributed by atoms with Gasteiger partial charge in [0.25, 0.3) is 0 Å². The van der Waals surface area contributed by atoms with E-state index < -0.39 is 17.5 Å². The van der Waals surface area contributed by atoms with Crippen LogP contribution in [0.25, 0.3) is 0 Å². The third-order valence-electron chi connectivity index (χ3n) is 2.58. The second-order valence-corrected chi connectivity index (χ2v) is 5.95. The van der Waals surface area contributed by atoms with E-state index in [-0.39, 0.29) is 17.0 Å². The summed E-state index contributed by atoms with van der Waals surface area (Å²) in [5.41, 5.74) is -0.534. The summed E-state index contributed by atoms with van der Waals surface area (Å²) in [5.74, 6) is -0.538. The second kappa shape index (κ2) is 5.44. The number of rotatable bonds is 2. The number of nitrogens with zero attached hydrogens (tertiary/aromatic N) is 2. The molecule has 1 aliphatic heterocycles. The first kappa shape index (κ1) is 14.8. The van der Waals surface area contributed by atoms with Crippen molar-refractivity contribution in [2.24, 2.45) is 0 Å². The SMILES string of the molecule is CC(C)(C)OC(=O)N1CC(Oc2cc(Cl)ncc2F)C1. The molecular formula is C13H16ClFN2O3. The molecule has 0 aromatic carbocycles. The van der Waals surface area contributed by atoms with Gasteiger partial charge in [-0.05, 0) is 20.8 Å². The molecule has 0 aliphatic carbocycles. The van der Waals surface area contributed by atoms with E-state index in [1.54, 1.807) is 20.8 Å². The summed E-state index contributed by atoms with van der Waals surface area (Å²) in [6.07, 6.45) is 0.336. The molecule has 0 unspecified atom stereocenters. The van der Waals surface area contributed by atoms with Crippen molar-refractivity contribution >= 4 is 17.7 Å². The Balaban J connectivity index is 1.85. The van der Waals surface area contributed by atoms with Crippen LogP contribution in [0.1, 0.15) is 20.8 Å². The molecule has 0 bridgehead atoms. The molecule has 1 saturated heterocycles.